The van der Waals surface area contributed by atoms with Gasteiger partial charge in [0.25, 0.3) is 0 Å². The van der Waals surface area contributed by atoms with Crippen LogP contribution < -0.4 is 0 Å². The summed E-state index contributed by atoms with van der Waals surface area (Å²) in [5.74, 6) is 0. The summed E-state index contributed by atoms with van der Waals surface area (Å²) in [6, 6.07) is 21.0. The summed E-state index contributed by atoms with van der Waals surface area (Å²) < 4.78 is 15.4. The Bertz CT molecular complexity index is 1180. The lowest BCUT2D eigenvalue weighted by atomic mass is 10.1. The first kappa shape index (κ1) is 22.4. The largest absolute Gasteiger partial charge is 0.336 e. The van der Waals surface area contributed by atoms with Gasteiger partial charge in [0.15, 0.2) is 0 Å². The van der Waals surface area contributed by atoms with Crippen LogP contribution in [-0.4, -0.2) is 13.8 Å². The second kappa shape index (κ2) is 10.2. The molecule has 158 valence electrons. The zero-order valence-corrected chi connectivity index (χ0v) is 20.0. The predicted octanol–water partition coefficient (Wildman–Crippen LogP) is 7.54. The van der Waals surface area contributed by atoms with Crippen LogP contribution in [0.2, 0.25) is 15.1 Å². The van der Waals surface area contributed by atoms with Crippen LogP contribution in [0.25, 0.3) is 0 Å². The molecular formula is C23H17Cl3N2OS2. The molecule has 8 heteroatoms. The van der Waals surface area contributed by atoms with Gasteiger partial charge in [-0.2, -0.15) is 0 Å². The smallest absolute Gasteiger partial charge is 0.0946 e. The standard InChI is InChI=1S/C23H17Cl3N2OS2/c24-17-3-7-19(8-4-17)30-18-5-1-16(2-6-18)23(14-28-12-11-27-15-28)31(29)20-9-10-21(25)22(26)13-20/h1-13,15,23H,14H2. The maximum absolute atomic E-state index is 13.5. The third-order valence-electron chi connectivity index (χ3n) is 4.62. The Kier molecular flexibility index (Phi) is 7.41. The second-order valence-electron chi connectivity index (χ2n) is 6.75. The van der Waals surface area contributed by atoms with E-state index in [9.17, 15) is 4.21 Å². The Morgan fingerprint density at radius 3 is 2.19 bits per heavy atom. The molecule has 1 heterocycles. The first-order valence-corrected chi connectivity index (χ1v) is 12.5. The van der Waals surface area contributed by atoms with Crippen molar-refractivity contribution in [2.75, 3.05) is 0 Å². The van der Waals surface area contributed by atoms with Crippen LogP contribution in [-0.2, 0) is 17.3 Å². The Morgan fingerprint density at radius 2 is 1.58 bits per heavy atom. The molecule has 0 aliphatic rings. The van der Waals surface area contributed by atoms with Gasteiger partial charge in [-0.25, -0.2) is 4.98 Å². The van der Waals surface area contributed by atoms with Crippen molar-refractivity contribution in [1.82, 2.24) is 9.55 Å². The second-order valence-corrected chi connectivity index (χ2v) is 10.8. The monoisotopic (exact) mass is 506 g/mol. The van der Waals surface area contributed by atoms with E-state index in [1.165, 1.54) is 0 Å². The molecule has 2 unspecified atom stereocenters. The van der Waals surface area contributed by atoms with Crippen LogP contribution in [0.4, 0.5) is 0 Å². The lowest BCUT2D eigenvalue weighted by Crippen LogP contribution is -2.14. The molecular weight excluding hydrogens is 491 g/mol. The summed E-state index contributed by atoms with van der Waals surface area (Å²) in [5, 5.41) is 1.27. The SMILES string of the molecule is O=S(c1ccc(Cl)c(Cl)c1)C(Cn1ccnc1)c1ccc(Sc2ccc(Cl)cc2)cc1. The highest BCUT2D eigenvalue weighted by molar-refractivity contribution is 7.99. The molecule has 1 aromatic heterocycles. The number of halogens is 3. The van der Waals surface area contributed by atoms with Crippen molar-refractivity contribution in [2.45, 2.75) is 26.5 Å². The van der Waals surface area contributed by atoms with Gasteiger partial charge in [0.2, 0.25) is 0 Å². The fraction of sp³-hybridized carbons (Fsp3) is 0.0870. The molecule has 3 aromatic carbocycles. The predicted molar refractivity (Wildman–Crippen MR) is 130 cm³/mol. The van der Waals surface area contributed by atoms with Gasteiger partial charge >= 0.3 is 0 Å². The van der Waals surface area contributed by atoms with Crippen LogP contribution in [0.3, 0.4) is 0 Å². The van der Waals surface area contributed by atoms with Crippen molar-refractivity contribution < 1.29 is 4.21 Å². The van der Waals surface area contributed by atoms with Gasteiger partial charge in [0.05, 0.1) is 32.4 Å². The maximum Gasteiger partial charge on any atom is 0.0946 e. The molecule has 0 radical (unpaired) electrons. The van der Waals surface area contributed by atoms with Crippen LogP contribution >= 0.6 is 46.6 Å². The summed E-state index contributed by atoms with van der Waals surface area (Å²) in [7, 11) is -1.34. The van der Waals surface area contributed by atoms with E-state index in [1.807, 2.05) is 59.3 Å². The highest BCUT2D eigenvalue weighted by atomic mass is 35.5. The molecule has 0 bridgehead atoms. The third-order valence-corrected chi connectivity index (χ3v) is 8.28. The number of nitrogens with zero attached hydrogens (tertiary/aromatic N) is 2. The zero-order chi connectivity index (χ0) is 21.8. The molecule has 0 saturated carbocycles. The molecule has 0 aliphatic carbocycles. The van der Waals surface area contributed by atoms with E-state index in [1.54, 1.807) is 42.5 Å². The van der Waals surface area contributed by atoms with Gasteiger partial charge in [-0.05, 0) is 60.2 Å². The van der Waals surface area contributed by atoms with Crippen molar-refractivity contribution >= 4 is 57.4 Å². The average molecular weight is 508 g/mol. The zero-order valence-electron chi connectivity index (χ0n) is 16.1. The Hall–Kier alpha value is -1.76. The highest BCUT2D eigenvalue weighted by Crippen LogP contribution is 2.33. The fourth-order valence-corrected chi connectivity index (χ4v) is 5.82. The van der Waals surface area contributed by atoms with Crippen LogP contribution in [0.15, 0.2) is 100 Å². The number of rotatable bonds is 7. The van der Waals surface area contributed by atoms with Crippen molar-refractivity contribution in [3.05, 3.63) is 106 Å². The first-order valence-electron chi connectivity index (χ1n) is 9.34. The van der Waals surface area contributed by atoms with Gasteiger partial charge in [0, 0.05) is 38.6 Å². The molecule has 4 rings (SSSR count). The summed E-state index contributed by atoms with van der Waals surface area (Å²) in [5.41, 5.74) is 0.971. The van der Waals surface area contributed by atoms with E-state index in [0.717, 1.165) is 15.4 Å². The normalized spacial score (nSPS) is 13.1. The van der Waals surface area contributed by atoms with E-state index >= 15 is 0 Å². The quantitative estimate of drug-likeness (QED) is 0.259. The Balaban J connectivity index is 1.60. The van der Waals surface area contributed by atoms with E-state index in [0.29, 0.717) is 26.5 Å². The molecule has 0 N–H and O–H groups in total. The van der Waals surface area contributed by atoms with Gasteiger partial charge in [-0.1, -0.05) is 58.7 Å². The van der Waals surface area contributed by atoms with Crippen molar-refractivity contribution in [1.29, 1.82) is 0 Å². The number of hydrogen-bond donors (Lipinski definition) is 0. The summed E-state index contributed by atoms with van der Waals surface area (Å²) in [6.45, 7) is 0.524. The van der Waals surface area contributed by atoms with Gasteiger partial charge in [0.1, 0.15) is 0 Å². The summed E-state index contributed by atoms with van der Waals surface area (Å²) in [4.78, 5) is 6.94. The molecule has 31 heavy (non-hydrogen) atoms. The third kappa shape index (κ3) is 5.73. The van der Waals surface area contributed by atoms with Crippen LogP contribution in [0, 0.1) is 0 Å². The van der Waals surface area contributed by atoms with Gasteiger partial charge in [-0.15, -0.1) is 0 Å². The summed E-state index contributed by atoms with van der Waals surface area (Å²) >= 11 is 19.8. The Morgan fingerprint density at radius 1 is 0.903 bits per heavy atom. The maximum atomic E-state index is 13.5. The average Bonchev–Trinajstić information content (AvgIpc) is 3.29. The van der Waals surface area contributed by atoms with Crippen molar-refractivity contribution in [3.8, 4) is 0 Å². The minimum Gasteiger partial charge on any atom is -0.336 e. The summed E-state index contributed by atoms with van der Waals surface area (Å²) in [6.07, 6.45) is 5.30. The Labute approximate surface area is 202 Å². The number of aromatic nitrogens is 2. The minimum absolute atomic E-state index is 0.277. The van der Waals surface area contributed by atoms with E-state index in [2.05, 4.69) is 4.98 Å². The molecule has 0 fully saturated rings. The van der Waals surface area contributed by atoms with E-state index in [4.69, 9.17) is 34.8 Å². The van der Waals surface area contributed by atoms with Gasteiger partial charge in [-0.3, -0.25) is 4.21 Å². The van der Waals surface area contributed by atoms with Crippen LogP contribution in [0.1, 0.15) is 10.8 Å². The van der Waals surface area contributed by atoms with E-state index in [-0.39, 0.29) is 5.25 Å². The minimum atomic E-state index is -1.34. The lowest BCUT2D eigenvalue weighted by molar-refractivity contribution is 0.634. The molecule has 0 amide bonds. The number of benzene rings is 3. The highest BCUT2D eigenvalue weighted by Gasteiger charge is 2.22. The number of hydrogen-bond acceptors (Lipinski definition) is 3. The number of imidazole rings is 1. The van der Waals surface area contributed by atoms with Crippen LogP contribution in [0.5, 0.6) is 0 Å². The van der Waals surface area contributed by atoms with Crippen molar-refractivity contribution in [3.63, 3.8) is 0 Å². The van der Waals surface area contributed by atoms with E-state index < -0.39 is 10.8 Å². The molecule has 3 nitrogen and oxygen atoms in total. The molecule has 2 atom stereocenters. The molecule has 0 spiro atoms. The topological polar surface area (TPSA) is 34.9 Å². The van der Waals surface area contributed by atoms with Gasteiger partial charge < -0.3 is 4.57 Å². The first-order chi connectivity index (χ1) is 15.0. The van der Waals surface area contributed by atoms with Crippen molar-refractivity contribution in [2.24, 2.45) is 0 Å². The molecule has 0 saturated heterocycles. The molecule has 4 aromatic rings. The molecule has 0 aliphatic heterocycles. The fourth-order valence-electron chi connectivity index (χ4n) is 3.04. The lowest BCUT2D eigenvalue weighted by Gasteiger charge is -2.18.